The minimum Gasteiger partial charge on any atom is -0.479 e. The summed E-state index contributed by atoms with van der Waals surface area (Å²) in [7, 11) is 0. The summed E-state index contributed by atoms with van der Waals surface area (Å²) in [5, 5.41) is 37.5. The molecule has 0 aromatic heterocycles. The summed E-state index contributed by atoms with van der Waals surface area (Å²) >= 11 is 0. The maximum Gasteiger partial charge on any atom is 0.335 e. The van der Waals surface area contributed by atoms with Gasteiger partial charge in [0.25, 0.3) is 0 Å². The lowest BCUT2D eigenvalue weighted by molar-refractivity contribution is -0.246. The fourth-order valence-electron chi connectivity index (χ4n) is 1.80. The fraction of sp³-hybridized carbons (Fsp3) is 0.900. The number of rotatable bonds is 1. The van der Waals surface area contributed by atoms with Gasteiger partial charge >= 0.3 is 5.97 Å². The van der Waals surface area contributed by atoms with Crippen LogP contribution < -0.4 is 0 Å². The SMILES string of the molecule is CC(C)(C)C1O[C@H](C(=O)O)C(O)[C@H](O)C1O. The standard InChI is InChI=1S/C10H18O6/c1-10(2,3)8-6(13)4(11)5(12)7(16-8)9(14)15/h4-8,11-13H,1-3H3,(H,14,15)/t4-,5?,6?,7-,8?/m0/s1. The Morgan fingerprint density at radius 1 is 1.06 bits per heavy atom. The summed E-state index contributed by atoms with van der Waals surface area (Å²) in [6, 6.07) is 0. The Hall–Kier alpha value is -0.690. The molecule has 0 bridgehead atoms. The molecule has 1 heterocycles. The van der Waals surface area contributed by atoms with Gasteiger partial charge in [0.05, 0.1) is 6.10 Å². The van der Waals surface area contributed by atoms with Gasteiger partial charge in [-0.1, -0.05) is 20.8 Å². The maximum atomic E-state index is 10.8. The zero-order chi connectivity index (χ0) is 12.7. The van der Waals surface area contributed by atoms with Crippen LogP contribution in [0.2, 0.25) is 0 Å². The number of hydrogen-bond donors (Lipinski definition) is 4. The Kier molecular flexibility index (Phi) is 3.59. The van der Waals surface area contributed by atoms with Crippen molar-refractivity contribution in [2.75, 3.05) is 0 Å². The smallest absolute Gasteiger partial charge is 0.335 e. The van der Waals surface area contributed by atoms with Crippen molar-refractivity contribution >= 4 is 5.97 Å². The lowest BCUT2D eigenvalue weighted by atomic mass is 9.80. The largest absolute Gasteiger partial charge is 0.479 e. The van der Waals surface area contributed by atoms with Gasteiger partial charge in [-0.05, 0) is 5.41 Å². The third-order valence-corrected chi connectivity index (χ3v) is 2.71. The minimum absolute atomic E-state index is 0.533. The van der Waals surface area contributed by atoms with Crippen LogP contribution in [0.3, 0.4) is 0 Å². The van der Waals surface area contributed by atoms with Crippen LogP contribution >= 0.6 is 0 Å². The third-order valence-electron chi connectivity index (χ3n) is 2.71. The van der Waals surface area contributed by atoms with E-state index in [9.17, 15) is 20.1 Å². The highest BCUT2D eigenvalue weighted by atomic mass is 16.6. The summed E-state index contributed by atoms with van der Waals surface area (Å²) in [5.74, 6) is -1.35. The number of aliphatic hydroxyl groups excluding tert-OH is 3. The molecule has 0 aliphatic carbocycles. The number of ether oxygens (including phenoxy) is 1. The average molecular weight is 234 g/mol. The molecule has 1 rings (SSSR count). The van der Waals surface area contributed by atoms with Crippen molar-refractivity contribution in [3.63, 3.8) is 0 Å². The van der Waals surface area contributed by atoms with Gasteiger partial charge in [0.15, 0.2) is 6.10 Å². The zero-order valence-electron chi connectivity index (χ0n) is 9.49. The molecule has 6 heteroatoms. The van der Waals surface area contributed by atoms with Crippen LogP contribution in [0.1, 0.15) is 20.8 Å². The first-order chi connectivity index (χ1) is 7.16. The van der Waals surface area contributed by atoms with Gasteiger partial charge in [-0.25, -0.2) is 4.79 Å². The van der Waals surface area contributed by atoms with E-state index in [1.54, 1.807) is 20.8 Å². The van der Waals surface area contributed by atoms with Gasteiger partial charge in [0.2, 0.25) is 0 Å². The van der Waals surface area contributed by atoms with E-state index in [2.05, 4.69) is 0 Å². The van der Waals surface area contributed by atoms with E-state index in [-0.39, 0.29) is 0 Å². The summed E-state index contributed by atoms with van der Waals surface area (Å²) in [5.41, 5.74) is -0.533. The predicted octanol–water partition coefficient (Wildman–Crippen LogP) is -1.03. The highest BCUT2D eigenvalue weighted by Gasteiger charge is 2.50. The van der Waals surface area contributed by atoms with Crippen LogP contribution in [-0.2, 0) is 9.53 Å². The van der Waals surface area contributed by atoms with E-state index < -0.39 is 41.9 Å². The van der Waals surface area contributed by atoms with Crippen molar-refractivity contribution in [1.29, 1.82) is 0 Å². The van der Waals surface area contributed by atoms with Crippen LogP contribution in [0.5, 0.6) is 0 Å². The molecule has 1 saturated heterocycles. The maximum absolute atomic E-state index is 10.8. The Morgan fingerprint density at radius 2 is 1.56 bits per heavy atom. The number of carboxylic acids is 1. The van der Waals surface area contributed by atoms with Crippen LogP contribution in [0.15, 0.2) is 0 Å². The summed E-state index contributed by atoms with van der Waals surface area (Å²) < 4.78 is 5.15. The second-order valence-electron chi connectivity index (χ2n) is 5.15. The van der Waals surface area contributed by atoms with Crippen LogP contribution in [-0.4, -0.2) is 56.9 Å². The van der Waals surface area contributed by atoms with E-state index in [1.165, 1.54) is 0 Å². The Balaban J connectivity index is 2.94. The Labute approximate surface area is 93.5 Å². The number of carboxylic acid groups (broad SMARTS) is 1. The van der Waals surface area contributed by atoms with Crippen molar-refractivity contribution in [3.05, 3.63) is 0 Å². The van der Waals surface area contributed by atoms with E-state index in [0.29, 0.717) is 0 Å². The summed E-state index contributed by atoms with van der Waals surface area (Å²) in [6.07, 6.45) is -6.79. The minimum atomic E-state index is -1.62. The summed E-state index contributed by atoms with van der Waals surface area (Å²) in [4.78, 5) is 10.8. The van der Waals surface area contributed by atoms with E-state index in [0.717, 1.165) is 0 Å². The predicted molar refractivity (Wildman–Crippen MR) is 53.8 cm³/mol. The molecular formula is C10H18O6. The Morgan fingerprint density at radius 3 is 1.94 bits per heavy atom. The molecule has 3 unspecified atom stereocenters. The topological polar surface area (TPSA) is 107 Å². The molecular weight excluding hydrogens is 216 g/mol. The van der Waals surface area contributed by atoms with Crippen molar-refractivity contribution in [3.8, 4) is 0 Å². The molecule has 0 radical (unpaired) electrons. The number of aliphatic carboxylic acids is 1. The molecule has 1 aliphatic heterocycles. The number of hydrogen-bond acceptors (Lipinski definition) is 5. The molecule has 16 heavy (non-hydrogen) atoms. The first-order valence-electron chi connectivity index (χ1n) is 5.08. The van der Waals surface area contributed by atoms with Crippen molar-refractivity contribution in [2.24, 2.45) is 5.41 Å². The van der Waals surface area contributed by atoms with E-state index in [4.69, 9.17) is 9.84 Å². The van der Waals surface area contributed by atoms with Gasteiger partial charge in [0.1, 0.15) is 18.3 Å². The third kappa shape index (κ3) is 2.35. The molecule has 6 nitrogen and oxygen atoms in total. The summed E-state index contributed by atoms with van der Waals surface area (Å²) in [6.45, 7) is 5.26. The molecule has 0 aromatic rings. The fourth-order valence-corrected chi connectivity index (χ4v) is 1.80. The quantitative estimate of drug-likeness (QED) is 0.462. The molecule has 0 spiro atoms. The van der Waals surface area contributed by atoms with Gasteiger partial charge in [-0.3, -0.25) is 0 Å². The van der Waals surface area contributed by atoms with Crippen LogP contribution in [0.25, 0.3) is 0 Å². The van der Waals surface area contributed by atoms with Crippen molar-refractivity contribution < 1.29 is 30.0 Å². The molecule has 0 saturated carbocycles. The lowest BCUT2D eigenvalue weighted by Gasteiger charge is -2.44. The molecule has 5 atom stereocenters. The van der Waals surface area contributed by atoms with Crippen molar-refractivity contribution in [2.45, 2.75) is 51.3 Å². The number of aliphatic hydroxyl groups is 3. The molecule has 0 aromatic carbocycles. The molecule has 4 N–H and O–H groups in total. The van der Waals surface area contributed by atoms with Crippen molar-refractivity contribution in [1.82, 2.24) is 0 Å². The van der Waals surface area contributed by atoms with Crippen LogP contribution in [0, 0.1) is 5.41 Å². The molecule has 1 fully saturated rings. The molecule has 94 valence electrons. The second kappa shape index (κ2) is 4.29. The van der Waals surface area contributed by atoms with Gasteiger partial charge < -0.3 is 25.2 Å². The molecule has 1 aliphatic rings. The first-order valence-corrected chi connectivity index (χ1v) is 5.08. The second-order valence-corrected chi connectivity index (χ2v) is 5.15. The highest BCUT2D eigenvalue weighted by molar-refractivity contribution is 5.73. The lowest BCUT2D eigenvalue weighted by Crippen LogP contribution is -2.62. The monoisotopic (exact) mass is 234 g/mol. The highest BCUT2D eigenvalue weighted by Crippen LogP contribution is 2.32. The Bertz CT molecular complexity index is 271. The zero-order valence-corrected chi connectivity index (χ0v) is 9.49. The first kappa shape index (κ1) is 13.4. The molecule has 0 amide bonds. The van der Waals surface area contributed by atoms with Gasteiger partial charge in [0, 0.05) is 0 Å². The van der Waals surface area contributed by atoms with E-state index in [1.807, 2.05) is 0 Å². The number of carbonyl (C=O) groups is 1. The van der Waals surface area contributed by atoms with E-state index >= 15 is 0 Å². The normalized spacial score (nSPS) is 40.8. The van der Waals surface area contributed by atoms with Gasteiger partial charge in [-0.15, -0.1) is 0 Å². The van der Waals surface area contributed by atoms with Crippen LogP contribution in [0.4, 0.5) is 0 Å². The van der Waals surface area contributed by atoms with Gasteiger partial charge in [-0.2, -0.15) is 0 Å². The average Bonchev–Trinajstić information content (AvgIpc) is 2.11.